The lowest BCUT2D eigenvalue weighted by Gasteiger charge is -2.03. The second-order valence-electron chi connectivity index (χ2n) is 5.72. The van der Waals surface area contributed by atoms with Crippen LogP contribution in [0.5, 0.6) is 5.75 Å². The van der Waals surface area contributed by atoms with Gasteiger partial charge in [-0.1, -0.05) is 35.5 Å². The van der Waals surface area contributed by atoms with E-state index in [0.717, 1.165) is 16.3 Å². The number of benzene rings is 2. The second kappa shape index (κ2) is 8.89. The maximum Gasteiger partial charge on any atom is 0.387 e. The van der Waals surface area contributed by atoms with Gasteiger partial charge in [-0.05, 0) is 36.4 Å². The van der Waals surface area contributed by atoms with Crippen LogP contribution in [-0.4, -0.2) is 21.8 Å². The second-order valence-corrected chi connectivity index (χ2v) is 7.94. The zero-order valence-electron chi connectivity index (χ0n) is 14.6. The molecule has 0 unspecified atom stereocenters. The zero-order valence-corrected chi connectivity index (χ0v) is 17.0. The minimum Gasteiger partial charge on any atom is -0.435 e. The van der Waals surface area contributed by atoms with Gasteiger partial charge in [-0.3, -0.25) is 0 Å². The van der Waals surface area contributed by atoms with E-state index in [1.807, 2.05) is 29.6 Å². The Morgan fingerprint density at radius 1 is 1.03 bits per heavy atom. The lowest BCUT2D eigenvalue weighted by Crippen LogP contribution is -2.01. The van der Waals surface area contributed by atoms with Gasteiger partial charge in [0.05, 0.1) is 5.69 Å². The first-order chi connectivity index (χ1) is 14.1. The van der Waals surface area contributed by atoms with Crippen LogP contribution in [0.3, 0.4) is 0 Å². The molecule has 0 radical (unpaired) electrons. The lowest BCUT2D eigenvalue weighted by atomic mass is 10.2. The number of hydrogen-bond acceptors (Lipinski definition) is 7. The Kier molecular flexibility index (Phi) is 6.08. The van der Waals surface area contributed by atoms with E-state index in [9.17, 15) is 8.78 Å². The molecule has 5 nitrogen and oxygen atoms in total. The Hall–Kier alpha value is -2.49. The van der Waals surface area contributed by atoms with E-state index in [1.165, 1.54) is 23.9 Å². The Morgan fingerprint density at radius 3 is 2.48 bits per heavy atom. The fourth-order valence-corrected chi connectivity index (χ4v) is 4.11. The zero-order chi connectivity index (χ0) is 20.2. The van der Waals surface area contributed by atoms with Gasteiger partial charge in [0.15, 0.2) is 0 Å². The first-order valence-corrected chi connectivity index (χ1v) is 10.5. The van der Waals surface area contributed by atoms with E-state index in [1.54, 1.807) is 23.5 Å². The molecule has 4 aromatic rings. The van der Waals surface area contributed by atoms with Crippen LogP contribution in [0.15, 0.2) is 63.6 Å². The number of ether oxygens (including phenoxy) is 1. The SMILES string of the molecule is FC(F)Oc1ccc(-c2nnc(SCc3csc(-c4ccc(Cl)cc4)n3)o2)cc1. The summed E-state index contributed by atoms with van der Waals surface area (Å²) in [6.07, 6.45) is 0. The van der Waals surface area contributed by atoms with Crippen molar-refractivity contribution in [3.63, 3.8) is 0 Å². The van der Waals surface area contributed by atoms with Crippen LogP contribution >= 0.6 is 34.7 Å². The predicted octanol–water partition coefficient (Wildman–Crippen LogP) is 6.41. The summed E-state index contributed by atoms with van der Waals surface area (Å²) >= 11 is 8.84. The van der Waals surface area contributed by atoms with Crippen molar-refractivity contribution in [2.24, 2.45) is 0 Å². The van der Waals surface area contributed by atoms with Crippen LogP contribution in [-0.2, 0) is 5.75 Å². The normalized spacial score (nSPS) is 11.2. The molecule has 0 fully saturated rings. The van der Waals surface area contributed by atoms with Crippen molar-refractivity contribution in [3.05, 3.63) is 64.6 Å². The molecule has 10 heteroatoms. The molecule has 0 bridgehead atoms. The molecule has 0 aliphatic rings. The van der Waals surface area contributed by atoms with Crippen molar-refractivity contribution in [3.8, 4) is 27.8 Å². The van der Waals surface area contributed by atoms with Crippen LogP contribution in [0.1, 0.15) is 5.69 Å². The summed E-state index contributed by atoms with van der Waals surface area (Å²) in [5.74, 6) is 0.946. The Morgan fingerprint density at radius 2 is 1.76 bits per heavy atom. The maximum atomic E-state index is 12.2. The summed E-state index contributed by atoms with van der Waals surface area (Å²) < 4.78 is 34.4. The van der Waals surface area contributed by atoms with E-state index < -0.39 is 6.61 Å². The average molecular weight is 452 g/mol. The summed E-state index contributed by atoms with van der Waals surface area (Å²) in [4.78, 5) is 4.61. The van der Waals surface area contributed by atoms with Crippen molar-refractivity contribution >= 4 is 34.7 Å². The minimum absolute atomic E-state index is 0.0675. The van der Waals surface area contributed by atoms with Crippen LogP contribution in [0, 0.1) is 0 Å². The number of alkyl halides is 2. The summed E-state index contributed by atoms with van der Waals surface area (Å²) in [5, 5.41) is 12.0. The molecule has 0 saturated carbocycles. The molecule has 29 heavy (non-hydrogen) atoms. The van der Waals surface area contributed by atoms with Crippen LogP contribution in [0.25, 0.3) is 22.0 Å². The van der Waals surface area contributed by atoms with Gasteiger partial charge in [0.2, 0.25) is 5.89 Å². The molecule has 0 amide bonds. The first-order valence-electron chi connectivity index (χ1n) is 8.29. The van der Waals surface area contributed by atoms with Gasteiger partial charge in [-0.25, -0.2) is 4.98 Å². The molecule has 2 aromatic heterocycles. The highest BCUT2D eigenvalue weighted by Gasteiger charge is 2.12. The number of nitrogens with zero attached hydrogens (tertiary/aromatic N) is 3. The number of aromatic nitrogens is 3. The quantitative estimate of drug-likeness (QED) is 0.303. The highest BCUT2D eigenvalue weighted by atomic mass is 35.5. The summed E-state index contributed by atoms with van der Waals surface area (Å²) in [6.45, 7) is -2.86. The van der Waals surface area contributed by atoms with Gasteiger partial charge in [0.1, 0.15) is 10.8 Å². The molecular formula is C19H12ClF2N3O2S2. The van der Waals surface area contributed by atoms with E-state index in [0.29, 0.717) is 27.5 Å². The van der Waals surface area contributed by atoms with Crippen molar-refractivity contribution in [2.45, 2.75) is 17.6 Å². The maximum absolute atomic E-state index is 12.2. The number of halogens is 3. The van der Waals surface area contributed by atoms with Crippen molar-refractivity contribution in [1.82, 2.24) is 15.2 Å². The number of rotatable bonds is 7. The molecular weight excluding hydrogens is 440 g/mol. The van der Waals surface area contributed by atoms with Crippen molar-refractivity contribution < 1.29 is 17.9 Å². The number of thioether (sulfide) groups is 1. The van der Waals surface area contributed by atoms with Gasteiger partial charge in [-0.15, -0.1) is 21.5 Å². The molecule has 0 N–H and O–H groups in total. The molecule has 4 rings (SSSR count). The third kappa shape index (κ3) is 5.11. The van der Waals surface area contributed by atoms with Crippen LogP contribution in [0.2, 0.25) is 5.02 Å². The van der Waals surface area contributed by atoms with Gasteiger partial charge in [0, 0.05) is 27.3 Å². The topological polar surface area (TPSA) is 61.0 Å². The molecule has 2 aromatic carbocycles. The van der Waals surface area contributed by atoms with Gasteiger partial charge < -0.3 is 9.15 Å². The molecule has 0 spiro atoms. The molecule has 148 valence electrons. The third-order valence-corrected chi connectivity index (χ3v) is 5.76. The largest absolute Gasteiger partial charge is 0.435 e. The Balaban J connectivity index is 1.38. The van der Waals surface area contributed by atoms with Gasteiger partial charge in [0.25, 0.3) is 5.22 Å². The lowest BCUT2D eigenvalue weighted by molar-refractivity contribution is -0.0498. The molecule has 2 heterocycles. The first kappa shape index (κ1) is 19.8. The van der Waals surface area contributed by atoms with Crippen molar-refractivity contribution in [2.75, 3.05) is 0 Å². The van der Waals surface area contributed by atoms with E-state index in [-0.39, 0.29) is 5.75 Å². The van der Waals surface area contributed by atoms with E-state index in [2.05, 4.69) is 19.9 Å². The van der Waals surface area contributed by atoms with E-state index >= 15 is 0 Å². The highest BCUT2D eigenvalue weighted by molar-refractivity contribution is 7.98. The minimum atomic E-state index is -2.86. The smallest absolute Gasteiger partial charge is 0.387 e. The van der Waals surface area contributed by atoms with Gasteiger partial charge in [-0.2, -0.15) is 8.78 Å². The fraction of sp³-hybridized carbons (Fsp3) is 0.105. The highest BCUT2D eigenvalue weighted by Crippen LogP contribution is 2.30. The Bertz CT molecular complexity index is 1090. The molecule has 0 atom stereocenters. The van der Waals surface area contributed by atoms with Crippen molar-refractivity contribution in [1.29, 1.82) is 0 Å². The Labute approximate surface area is 177 Å². The standard InChI is InChI=1S/C19H12ClF2N3O2S2/c20-13-5-1-12(2-6-13)17-23-14(9-28-17)10-29-19-25-24-16(27-19)11-3-7-15(8-4-11)26-18(21)22/h1-9,18H,10H2. The number of thiazole rings is 1. The summed E-state index contributed by atoms with van der Waals surface area (Å²) in [7, 11) is 0. The monoisotopic (exact) mass is 451 g/mol. The van der Waals surface area contributed by atoms with E-state index in [4.69, 9.17) is 16.0 Å². The predicted molar refractivity (Wildman–Crippen MR) is 108 cm³/mol. The molecule has 0 aliphatic carbocycles. The average Bonchev–Trinajstić information content (AvgIpc) is 3.37. The molecule has 0 aliphatic heterocycles. The van der Waals surface area contributed by atoms with Crippen LogP contribution in [0.4, 0.5) is 8.78 Å². The van der Waals surface area contributed by atoms with Gasteiger partial charge >= 0.3 is 6.61 Å². The fourth-order valence-electron chi connectivity index (χ4n) is 2.40. The summed E-state index contributed by atoms with van der Waals surface area (Å²) in [5.41, 5.74) is 2.53. The summed E-state index contributed by atoms with van der Waals surface area (Å²) in [6, 6.07) is 13.5. The third-order valence-electron chi connectivity index (χ3n) is 3.72. The number of hydrogen-bond donors (Lipinski definition) is 0. The molecule has 0 saturated heterocycles. The van der Waals surface area contributed by atoms with Crippen LogP contribution < -0.4 is 4.74 Å².